The third kappa shape index (κ3) is 5.40. The molecule has 1 N–H and O–H groups in total. The van der Waals surface area contributed by atoms with Gasteiger partial charge in [-0.15, -0.1) is 11.6 Å². The van der Waals surface area contributed by atoms with Crippen LogP contribution in [0.2, 0.25) is 0 Å². The number of nitrogens with one attached hydrogen (secondary N) is 1. The molecule has 1 aliphatic heterocycles. The number of nitrogens with zero attached hydrogens (tertiary/aromatic N) is 2. The van der Waals surface area contributed by atoms with Gasteiger partial charge in [-0.3, -0.25) is 14.2 Å². The van der Waals surface area contributed by atoms with Crippen molar-refractivity contribution in [1.82, 2.24) is 14.8 Å². The average Bonchev–Trinajstić information content (AvgIpc) is 2.80. The number of likely N-dealkylation sites (tertiary alicyclic amines) is 1. The molecule has 32 heavy (non-hydrogen) atoms. The number of piperidine rings is 1. The summed E-state index contributed by atoms with van der Waals surface area (Å²) < 4.78 is 1.50. The average molecular weight is 452 g/mol. The lowest BCUT2D eigenvalue weighted by Gasteiger charge is -2.29. The van der Waals surface area contributed by atoms with Crippen LogP contribution in [-0.2, 0) is 0 Å². The number of rotatable bonds is 6. The highest BCUT2D eigenvalue weighted by atomic mass is 35.5. The van der Waals surface area contributed by atoms with E-state index < -0.39 is 0 Å². The molecule has 1 amide bonds. The molecule has 168 valence electrons. The van der Waals surface area contributed by atoms with E-state index in [0.29, 0.717) is 17.7 Å². The fourth-order valence-electron chi connectivity index (χ4n) is 4.46. The first kappa shape index (κ1) is 22.6. The smallest absolute Gasteiger partial charge is 0.254 e. The molecular weight excluding hydrogens is 422 g/mol. The Bertz CT molecular complexity index is 1070. The van der Waals surface area contributed by atoms with E-state index in [2.05, 4.69) is 22.3 Å². The van der Waals surface area contributed by atoms with Crippen LogP contribution in [0.1, 0.15) is 48.5 Å². The Labute approximate surface area is 194 Å². The molecule has 2 aromatic rings. The van der Waals surface area contributed by atoms with Crippen molar-refractivity contribution < 1.29 is 4.79 Å². The molecule has 4 rings (SSSR count). The van der Waals surface area contributed by atoms with Crippen LogP contribution in [0.4, 0.5) is 0 Å². The first-order valence-electron chi connectivity index (χ1n) is 11.4. The Morgan fingerprint density at radius 2 is 1.84 bits per heavy atom. The van der Waals surface area contributed by atoms with Gasteiger partial charge >= 0.3 is 0 Å². The molecule has 2 unspecified atom stereocenters. The summed E-state index contributed by atoms with van der Waals surface area (Å²) in [7, 11) is 0. The monoisotopic (exact) mass is 451 g/mol. The Hall–Kier alpha value is -2.63. The Morgan fingerprint density at radius 1 is 1.09 bits per heavy atom. The van der Waals surface area contributed by atoms with Crippen LogP contribution >= 0.6 is 11.6 Å². The van der Waals surface area contributed by atoms with Crippen LogP contribution in [-0.4, -0.2) is 46.4 Å². The van der Waals surface area contributed by atoms with Gasteiger partial charge in [0.1, 0.15) is 0 Å². The lowest BCUT2D eigenvalue weighted by Crippen LogP contribution is -2.43. The maximum Gasteiger partial charge on any atom is 0.254 e. The van der Waals surface area contributed by atoms with Crippen molar-refractivity contribution in [3.05, 3.63) is 82.3 Å². The van der Waals surface area contributed by atoms with E-state index in [1.165, 1.54) is 29.9 Å². The van der Waals surface area contributed by atoms with E-state index >= 15 is 0 Å². The summed E-state index contributed by atoms with van der Waals surface area (Å²) in [6.45, 7) is 5.05. The molecule has 1 aliphatic carbocycles. The molecule has 1 saturated heterocycles. The van der Waals surface area contributed by atoms with Crippen molar-refractivity contribution in [2.24, 2.45) is 0 Å². The lowest BCUT2D eigenvalue weighted by atomic mass is 9.95. The van der Waals surface area contributed by atoms with Crippen molar-refractivity contribution in [2.75, 3.05) is 19.6 Å². The largest absolute Gasteiger partial charge is 0.348 e. The van der Waals surface area contributed by atoms with E-state index in [9.17, 15) is 9.59 Å². The van der Waals surface area contributed by atoms with Gasteiger partial charge in [-0.1, -0.05) is 42.8 Å². The van der Waals surface area contributed by atoms with E-state index in [0.717, 1.165) is 30.8 Å². The summed E-state index contributed by atoms with van der Waals surface area (Å²) in [4.78, 5) is 27.8. The van der Waals surface area contributed by atoms with Crippen LogP contribution in [0.5, 0.6) is 0 Å². The highest BCUT2D eigenvalue weighted by Crippen LogP contribution is 2.32. The third-order valence-corrected chi connectivity index (χ3v) is 6.51. The molecule has 0 saturated carbocycles. The molecule has 2 aliphatic rings. The van der Waals surface area contributed by atoms with Gasteiger partial charge < -0.3 is 10.2 Å². The number of halogens is 1. The number of allylic oxidation sites excluding steroid dienone is 4. The van der Waals surface area contributed by atoms with Gasteiger partial charge in [0.05, 0.1) is 10.9 Å². The minimum atomic E-state index is -0.357. The molecule has 1 fully saturated rings. The Kier molecular flexibility index (Phi) is 7.28. The molecule has 2 heterocycles. The van der Waals surface area contributed by atoms with E-state index in [1.54, 1.807) is 12.3 Å². The van der Waals surface area contributed by atoms with Gasteiger partial charge in [0.25, 0.3) is 11.5 Å². The number of pyridine rings is 1. The second kappa shape index (κ2) is 10.3. The van der Waals surface area contributed by atoms with Crippen LogP contribution in [0.3, 0.4) is 0 Å². The summed E-state index contributed by atoms with van der Waals surface area (Å²) in [5.74, 6) is -0.175. The summed E-state index contributed by atoms with van der Waals surface area (Å²) in [5, 5.41) is 2.72. The van der Waals surface area contributed by atoms with Gasteiger partial charge in [0.2, 0.25) is 0 Å². The molecule has 0 radical (unpaired) electrons. The number of aromatic nitrogens is 1. The van der Waals surface area contributed by atoms with Crippen molar-refractivity contribution in [2.45, 2.75) is 44.0 Å². The maximum atomic E-state index is 12.9. The standard InChI is InChI=1S/C26H30ClN3O2/c1-19(17-29-14-6-3-7-15-29)28-26(32)22-11-13-25(31)30(18-22)24-12-10-21(16-23(24)27)20-8-4-2-5-9-20/h2,4-5,8-13,18-19,23H,3,6-7,14-17H2,1H3,(H,28,32). The Balaban J connectivity index is 1.50. The predicted molar refractivity (Wildman–Crippen MR) is 131 cm³/mol. The van der Waals surface area contributed by atoms with Crippen LogP contribution in [0.25, 0.3) is 11.3 Å². The number of alkyl halides is 1. The molecule has 1 aromatic carbocycles. The summed E-state index contributed by atoms with van der Waals surface area (Å²) in [6.07, 6.45) is 9.84. The van der Waals surface area contributed by atoms with Gasteiger partial charge in [-0.05, 0) is 62.6 Å². The topological polar surface area (TPSA) is 54.3 Å². The normalized spacial score (nSPS) is 20.2. The Morgan fingerprint density at radius 3 is 2.56 bits per heavy atom. The van der Waals surface area contributed by atoms with Crippen molar-refractivity contribution >= 4 is 28.8 Å². The molecule has 0 spiro atoms. The van der Waals surface area contributed by atoms with E-state index in [-0.39, 0.29) is 22.9 Å². The van der Waals surface area contributed by atoms with E-state index in [4.69, 9.17) is 11.6 Å². The van der Waals surface area contributed by atoms with Crippen molar-refractivity contribution in [3.63, 3.8) is 0 Å². The second-order valence-corrected chi connectivity index (χ2v) is 9.21. The maximum absolute atomic E-state index is 12.9. The second-order valence-electron chi connectivity index (χ2n) is 8.68. The molecule has 5 nitrogen and oxygen atoms in total. The van der Waals surface area contributed by atoms with Crippen LogP contribution in [0.15, 0.2) is 65.6 Å². The number of hydrogen-bond acceptors (Lipinski definition) is 3. The first-order chi connectivity index (χ1) is 15.5. The van der Waals surface area contributed by atoms with Crippen molar-refractivity contribution in [3.8, 4) is 0 Å². The van der Waals surface area contributed by atoms with Crippen LogP contribution in [0, 0.1) is 0 Å². The molecule has 0 bridgehead atoms. The van der Waals surface area contributed by atoms with Gasteiger partial charge in [0.15, 0.2) is 0 Å². The highest BCUT2D eigenvalue weighted by molar-refractivity contribution is 6.26. The summed E-state index contributed by atoms with van der Waals surface area (Å²) >= 11 is 6.68. The van der Waals surface area contributed by atoms with Gasteiger partial charge in [-0.2, -0.15) is 0 Å². The molecular formula is C26H30ClN3O2. The number of carbonyl (C=O) groups excluding carboxylic acids is 1. The zero-order valence-corrected chi connectivity index (χ0v) is 19.2. The third-order valence-electron chi connectivity index (χ3n) is 6.13. The SMILES string of the molecule is CC(CN1CCCCC1)NC(=O)c1ccc(=O)n(C2=CC=C(c3ccccc3)CC2Cl)c1. The highest BCUT2D eigenvalue weighted by Gasteiger charge is 2.22. The molecule has 6 heteroatoms. The zero-order valence-electron chi connectivity index (χ0n) is 18.5. The van der Waals surface area contributed by atoms with Crippen molar-refractivity contribution in [1.29, 1.82) is 0 Å². The fraction of sp³-hybridized carbons (Fsp3) is 0.385. The quantitative estimate of drug-likeness (QED) is 0.663. The lowest BCUT2D eigenvalue weighted by molar-refractivity contribution is 0.0925. The number of hydrogen-bond donors (Lipinski definition) is 1. The first-order valence-corrected chi connectivity index (χ1v) is 11.8. The number of carbonyl (C=O) groups is 1. The number of benzene rings is 1. The minimum absolute atomic E-state index is 0.0343. The molecule has 2 atom stereocenters. The van der Waals surface area contributed by atoms with Gasteiger partial charge in [0, 0.05) is 30.5 Å². The van der Waals surface area contributed by atoms with Crippen LogP contribution < -0.4 is 10.9 Å². The minimum Gasteiger partial charge on any atom is -0.348 e. The molecule has 1 aromatic heterocycles. The summed E-state index contributed by atoms with van der Waals surface area (Å²) in [5.41, 5.74) is 3.20. The van der Waals surface area contributed by atoms with E-state index in [1.807, 2.05) is 37.3 Å². The predicted octanol–water partition coefficient (Wildman–Crippen LogP) is 4.39. The number of amides is 1. The zero-order chi connectivity index (χ0) is 22.5. The van der Waals surface area contributed by atoms with Gasteiger partial charge in [-0.25, -0.2) is 0 Å². The fourth-order valence-corrected chi connectivity index (χ4v) is 4.80. The summed E-state index contributed by atoms with van der Waals surface area (Å²) in [6, 6.07) is 13.1.